The minimum atomic E-state index is -0.948. The molecule has 7 nitrogen and oxygen atoms in total. The van der Waals surface area contributed by atoms with E-state index < -0.39 is 23.7 Å². The van der Waals surface area contributed by atoms with E-state index >= 15 is 0 Å². The second kappa shape index (κ2) is 7.90. The highest BCUT2D eigenvalue weighted by atomic mass is 16.5. The van der Waals surface area contributed by atoms with Gasteiger partial charge in [-0.1, -0.05) is 29.8 Å². The first kappa shape index (κ1) is 18.4. The smallest absolute Gasteiger partial charge is 0.419 e. The lowest BCUT2D eigenvalue weighted by atomic mass is 10.2. The van der Waals surface area contributed by atoms with Crippen LogP contribution in [0.15, 0.2) is 57.7 Å². The van der Waals surface area contributed by atoms with E-state index in [0.29, 0.717) is 16.8 Å². The van der Waals surface area contributed by atoms with Crippen molar-refractivity contribution in [3.63, 3.8) is 0 Å². The number of nitrogens with zero attached hydrogens (tertiary/aromatic N) is 1. The van der Waals surface area contributed by atoms with Crippen LogP contribution in [0, 0.1) is 6.92 Å². The third-order valence-electron chi connectivity index (χ3n) is 4.11. The van der Waals surface area contributed by atoms with Crippen LogP contribution in [0.1, 0.15) is 18.9 Å². The molecule has 2 aromatic carbocycles. The van der Waals surface area contributed by atoms with Gasteiger partial charge in [0.2, 0.25) is 0 Å². The van der Waals surface area contributed by atoms with Crippen LogP contribution in [-0.4, -0.2) is 22.5 Å². The largest absolute Gasteiger partial charge is 0.452 e. The molecule has 0 fully saturated rings. The molecule has 140 valence electrons. The number of ether oxygens (including phenoxy) is 1. The number of hydrogen-bond acceptors (Lipinski definition) is 5. The zero-order valence-electron chi connectivity index (χ0n) is 15.1. The van der Waals surface area contributed by atoms with Gasteiger partial charge in [0.1, 0.15) is 0 Å². The number of benzene rings is 2. The van der Waals surface area contributed by atoms with Crippen molar-refractivity contribution in [2.45, 2.75) is 32.9 Å². The normalized spacial score (nSPS) is 11.9. The van der Waals surface area contributed by atoms with Gasteiger partial charge in [-0.15, -0.1) is 0 Å². The van der Waals surface area contributed by atoms with Crippen molar-refractivity contribution >= 4 is 28.7 Å². The summed E-state index contributed by atoms with van der Waals surface area (Å²) in [6, 6.07) is 14.3. The van der Waals surface area contributed by atoms with E-state index in [2.05, 4.69) is 5.32 Å². The van der Waals surface area contributed by atoms with E-state index in [-0.39, 0.29) is 13.0 Å². The molecule has 0 saturated carbocycles. The molecule has 1 heterocycles. The van der Waals surface area contributed by atoms with Crippen molar-refractivity contribution < 1.29 is 18.7 Å². The van der Waals surface area contributed by atoms with Gasteiger partial charge in [-0.05, 0) is 38.1 Å². The zero-order valence-corrected chi connectivity index (χ0v) is 15.1. The maximum absolute atomic E-state index is 12.1. The number of aryl methyl sites for hydroxylation is 2. The van der Waals surface area contributed by atoms with Gasteiger partial charge in [0.05, 0.1) is 11.9 Å². The fraction of sp³-hybridized carbons (Fsp3) is 0.250. The van der Waals surface area contributed by atoms with Crippen molar-refractivity contribution in [2.24, 2.45) is 0 Å². The van der Waals surface area contributed by atoms with Crippen molar-refractivity contribution in [3.05, 3.63) is 64.6 Å². The maximum atomic E-state index is 12.1. The van der Waals surface area contributed by atoms with Crippen LogP contribution in [0.25, 0.3) is 11.1 Å². The summed E-state index contributed by atoms with van der Waals surface area (Å²) in [6.07, 6.45) is -0.998. The maximum Gasteiger partial charge on any atom is 0.419 e. The highest BCUT2D eigenvalue weighted by Crippen LogP contribution is 2.13. The molecule has 0 aliphatic heterocycles. The molecule has 0 bridgehead atoms. The number of carbonyl (C=O) groups is 2. The first-order valence-electron chi connectivity index (χ1n) is 8.59. The molecule has 0 spiro atoms. The Bertz CT molecular complexity index is 1020. The Morgan fingerprint density at radius 2 is 1.85 bits per heavy atom. The van der Waals surface area contributed by atoms with Crippen molar-refractivity contribution in [1.29, 1.82) is 0 Å². The Morgan fingerprint density at radius 3 is 2.59 bits per heavy atom. The van der Waals surface area contributed by atoms with Gasteiger partial charge in [-0.25, -0.2) is 4.79 Å². The van der Waals surface area contributed by atoms with Gasteiger partial charge >= 0.3 is 11.7 Å². The summed E-state index contributed by atoms with van der Waals surface area (Å²) < 4.78 is 11.6. The van der Waals surface area contributed by atoms with Gasteiger partial charge in [0.25, 0.3) is 5.91 Å². The Balaban J connectivity index is 1.55. The number of aromatic nitrogens is 1. The SMILES string of the molecule is Cc1ccc(NC(=O)[C@H](C)OC(=O)CCn2c(=O)oc3ccccc32)cc1. The molecule has 27 heavy (non-hydrogen) atoms. The number of anilines is 1. The Hall–Kier alpha value is -3.35. The number of esters is 1. The molecule has 0 saturated heterocycles. The molecule has 0 radical (unpaired) electrons. The van der Waals surface area contributed by atoms with Crippen LogP contribution in [0.3, 0.4) is 0 Å². The summed E-state index contributed by atoms with van der Waals surface area (Å²) in [5.74, 6) is -1.52. The van der Waals surface area contributed by atoms with Crippen LogP contribution in [0.2, 0.25) is 0 Å². The van der Waals surface area contributed by atoms with Crippen LogP contribution < -0.4 is 11.1 Å². The molecule has 0 unspecified atom stereocenters. The predicted octanol–water partition coefficient (Wildman–Crippen LogP) is 2.86. The first-order chi connectivity index (χ1) is 12.9. The average Bonchev–Trinajstić information content (AvgIpc) is 2.97. The second-order valence-electron chi connectivity index (χ2n) is 6.22. The van der Waals surface area contributed by atoms with Crippen molar-refractivity contribution in [2.75, 3.05) is 5.32 Å². The molecule has 1 aromatic heterocycles. The van der Waals surface area contributed by atoms with E-state index in [9.17, 15) is 14.4 Å². The van der Waals surface area contributed by atoms with Gasteiger partial charge in [-0.3, -0.25) is 14.2 Å². The standard InChI is InChI=1S/C20H20N2O5/c1-13-7-9-15(10-8-13)21-19(24)14(2)26-18(23)11-12-22-16-5-3-4-6-17(16)27-20(22)25/h3-10,14H,11-12H2,1-2H3,(H,21,24)/t14-/m0/s1. The van der Waals surface area contributed by atoms with E-state index in [1.807, 2.05) is 19.1 Å². The Morgan fingerprint density at radius 1 is 1.15 bits per heavy atom. The monoisotopic (exact) mass is 368 g/mol. The second-order valence-corrected chi connectivity index (χ2v) is 6.22. The molecule has 0 aliphatic rings. The summed E-state index contributed by atoms with van der Waals surface area (Å²) in [4.78, 5) is 36.1. The fourth-order valence-corrected chi connectivity index (χ4v) is 2.62. The predicted molar refractivity (Wildman–Crippen MR) is 100 cm³/mol. The number of hydrogen-bond donors (Lipinski definition) is 1. The molecule has 1 amide bonds. The van der Waals surface area contributed by atoms with Crippen LogP contribution in [0.4, 0.5) is 5.69 Å². The summed E-state index contributed by atoms with van der Waals surface area (Å²) in [5, 5.41) is 2.69. The zero-order chi connectivity index (χ0) is 19.4. The fourth-order valence-electron chi connectivity index (χ4n) is 2.62. The van der Waals surface area contributed by atoms with E-state index in [4.69, 9.17) is 9.15 Å². The Kier molecular flexibility index (Phi) is 5.40. The summed E-state index contributed by atoms with van der Waals surface area (Å²) >= 11 is 0. The van der Waals surface area contributed by atoms with E-state index in [1.54, 1.807) is 36.4 Å². The van der Waals surface area contributed by atoms with Gasteiger partial charge in [-0.2, -0.15) is 0 Å². The molecule has 0 aliphatic carbocycles. The Labute approximate surface area is 155 Å². The number of nitrogens with one attached hydrogen (secondary N) is 1. The minimum Gasteiger partial charge on any atom is -0.452 e. The van der Waals surface area contributed by atoms with Gasteiger partial charge in [0, 0.05) is 12.2 Å². The van der Waals surface area contributed by atoms with Crippen molar-refractivity contribution in [3.8, 4) is 0 Å². The topological polar surface area (TPSA) is 90.5 Å². The number of para-hydroxylation sites is 2. The third kappa shape index (κ3) is 4.44. The lowest BCUT2D eigenvalue weighted by Crippen LogP contribution is -2.30. The molecule has 3 aromatic rings. The molecule has 1 N–H and O–H groups in total. The summed E-state index contributed by atoms with van der Waals surface area (Å²) in [7, 11) is 0. The van der Waals surface area contributed by atoms with Crippen molar-refractivity contribution in [1.82, 2.24) is 4.57 Å². The summed E-state index contributed by atoms with van der Waals surface area (Å²) in [6.45, 7) is 3.56. The first-order valence-corrected chi connectivity index (χ1v) is 8.59. The number of rotatable bonds is 6. The third-order valence-corrected chi connectivity index (χ3v) is 4.11. The van der Waals surface area contributed by atoms with Crippen LogP contribution in [0.5, 0.6) is 0 Å². The molecular weight excluding hydrogens is 348 g/mol. The number of fused-ring (bicyclic) bond motifs is 1. The number of oxazole rings is 1. The molecular formula is C20H20N2O5. The lowest BCUT2D eigenvalue weighted by molar-refractivity contribution is -0.153. The number of amides is 1. The van der Waals surface area contributed by atoms with Crippen LogP contribution in [-0.2, 0) is 20.9 Å². The molecule has 3 rings (SSSR count). The lowest BCUT2D eigenvalue weighted by Gasteiger charge is -2.13. The van der Waals surface area contributed by atoms with Gasteiger partial charge < -0.3 is 14.5 Å². The van der Waals surface area contributed by atoms with E-state index in [0.717, 1.165) is 5.56 Å². The average molecular weight is 368 g/mol. The quantitative estimate of drug-likeness (QED) is 0.676. The van der Waals surface area contributed by atoms with E-state index in [1.165, 1.54) is 11.5 Å². The number of carbonyl (C=O) groups excluding carboxylic acids is 2. The minimum absolute atomic E-state index is 0.0500. The summed E-state index contributed by atoms with van der Waals surface area (Å²) in [5.41, 5.74) is 2.78. The van der Waals surface area contributed by atoms with Gasteiger partial charge in [0.15, 0.2) is 11.7 Å². The highest BCUT2D eigenvalue weighted by molar-refractivity contribution is 5.95. The van der Waals surface area contributed by atoms with Crippen LogP contribution >= 0.6 is 0 Å². The highest BCUT2D eigenvalue weighted by Gasteiger charge is 2.18. The molecule has 7 heteroatoms. The molecule has 1 atom stereocenters.